The van der Waals surface area contributed by atoms with E-state index >= 15 is 0 Å². The van der Waals surface area contributed by atoms with E-state index in [1.54, 1.807) is 12.3 Å². The maximum absolute atomic E-state index is 13.5. The molecule has 2 atom stereocenters. The average Bonchev–Trinajstić information content (AvgIpc) is 2.42. The van der Waals surface area contributed by atoms with Crippen LogP contribution in [0.5, 0.6) is 0 Å². The van der Waals surface area contributed by atoms with Crippen molar-refractivity contribution < 1.29 is 9.13 Å². The maximum atomic E-state index is 13.5. The number of rotatable bonds is 2. The number of nitrogen functional groups attached to an aromatic ring is 1. The van der Waals surface area contributed by atoms with Crippen LogP contribution in [0.2, 0.25) is 0 Å². The van der Waals surface area contributed by atoms with Crippen LogP contribution in [0.3, 0.4) is 0 Å². The van der Waals surface area contributed by atoms with Gasteiger partial charge in [0, 0.05) is 18.0 Å². The van der Waals surface area contributed by atoms with Gasteiger partial charge >= 0.3 is 0 Å². The van der Waals surface area contributed by atoms with Gasteiger partial charge in [-0.3, -0.25) is 4.98 Å². The summed E-state index contributed by atoms with van der Waals surface area (Å²) in [6.07, 6.45) is 3.68. The second kappa shape index (κ2) is 5.25. The Morgan fingerprint density at radius 2 is 2.30 bits per heavy atom. The van der Waals surface area contributed by atoms with Crippen LogP contribution in [0.25, 0.3) is 10.9 Å². The molecule has 1 aromatic carbocycles. The molecule has 0 spiro atoms. The third kappa shape index (κ3) is 2.54. The number of ether oxygens (including phenoxy) is 1. The van der Waals surface area contributed by atoms with Gasteiger partial charge in [0.2, 0.25) is 0 Å². The van der Waals surface area contributed by atoms with Gasteiger partial charge in [0.05, 0.1) is 29.2 Å². The van der Waals surface area contributed by atoms with Crippen molar-refractivity contribution in [2.75, 3.05) is 17.7 Å². The zero-order chi connectivity index (χ0) is 14.1. The SMILES string of the molecule is C[C@@H]1CC(Nc2c(N)cnc3ccc(F)cc23)CCO1. The van der Waals surface area contributed by atoms with Crippen LogP contribution in [0.15, 0.2) is 24.4 Å². The van der Waals surface area contributed by atoms with Crippen LogP contribution < -0.4 is 11.1 Å². The van der Waals surface area contributed by atoms with E-state index in [-0.39, 0.29) is 18.0 Å². The number of nitrogens with zero attached hydrogens (tertiary/aromatic N) is 1. The highest BCUT2D eigenvalue weighted by molar-refractivity contribution is 5.97. The summed E-state index contributed by atoms with van der Waals surface area (Å²) in [4.78, 5) is 4.23. The number of halogens is 1. The third-order valence-electron chi connectivity index (χ3n) is 3.69. The highest BCUT2D eigenvalue weighted by atomic mass is 19.1. The lowest BCUT2D eigenvalue weighted by Crippen LogP contribution is -2.32. The second-order valence-electron chi connectivity index (χ2n) is 5.30. The first-order valence-electron chi connectivity index (χ1n) is 6.85. The van der Waals surface area contributed by atoms with Gasteiger partial charge in [-0.25, -0.2) is 4.39 Å². The van der Waals surface area contributed by atoms with Gasteiger partial charge in [0.15, 0.2) is 0 Å². The number of fused-ring (bicyclic) bond motifs is 1. The van der Waals surface area contributed by atoms with Crippen LogP contribution in [-0.4, -0.2) is 23.7 Å². The van der Waals surface area contributed by atoms with Crippen LogP contribution in [0.4, 0.5) is 15.8 Å². The quantitative estimate of drug-likeness (QED) is 0.884. The minimum absolute atomic E-state index is 0.229. The number of anilines is 2. The monoisotopic (exact) mass is 275 g/mol. The molecule has 20 heavy (non-hydrogen) atoms. The predicted molar refractivity (Wildman–Crippen MR) is 78.2 cm³/mol. The van der Waals surface area contributed by atoms with Gasteiger partial charge in [-0.2, -0.15) is 0 Å². The Labute approximate surface area is 117 Å². The minimum atomic E-state index is -0.284. The molecular formula is C15H18FN3O. The van der Waals surface area contributed by atoms with Crippen molar-refractivity contribution in [1.29, 1.82) is 0 Å². The van der Waals surface area contributed by atoms with E-state index in [0.717, 1.165) is 36.0 Å². The molecule has 1 aromatic heterocycles. The lowest BCUT2D eigenvalue weighted by Gasteiger charge is -2.29. The van der Waals surface area contributed by atoms with Gasteiger partial charge in [0.25, 0.3) is 0 Å². The van der Waals surface area contributed by atoms with Crippen molar-refractivity contribution in [3.63, 3.8) is 0 Å². The molecule has 0 aliphatic carbocycles. The Morgan fingerprint density at radius 1 is 1.45 bits per heavy atom. The number of nitrogens with two attached hydrogens (primary N) is 1. The number of pyridine rings is 1. The Hall–Kier alpha value is -1.88. The maximum Gasteiger partial charge on any atom is 0.124 e. The van der Waals surface area contributed by atoms with Crippen LogP contribution in [0, 0.1) is 5.82 Å². The Balaban J connectivity index is 1.97. The standard InChI is InChI=1S/C15H18FN3O/c1-9-6-11(4-5-20-9)19-15-12-7-10(16)2-3-14(12)18-8-13(15)17/h2-3,7-9,11H,4-6,17H2,1H3,(H,18,19)/t9-,11?/m1/s1. The van der Waals surface area contributed by atoms with E-state index in [1.807, 2.05) is 0 Å². The molecular weight excluding hydrogens is 257 g/mol. The molecule has 0 saturated carbocycles. The molecule has 3 rings (SSSR count). The average molecular weight is 275 g/mol. The molecule has 0 bridgehead atoms. The molecule has 2 aromatic rings. The van der Waals surface area contributed by atoms with E-state index in [1.165, 1.54) is 12.1 Å². The van der Waals surface area contributed by atoms with E-state index in [9.17, 15) is 4.39 Å². The van der Waals surface area contributed by atoms with Gasteiger partial charge in [0.1, 0.15) is 5.82 Å². The van der Waals surface area contributed by atoms with E-state index < -0.39 is 0 Å². The first-order valence-corrected chi connectivity index (χ1v) is 6.85. The highest BCUT2D eigenvalue weighted by Crippen LogP contribution is 2.30. The summed E-state index contributed by atoms with van der Waals surface area (Å²) in [6, 6.07) is 4.84. The fourth-order valence-electron chi connectivity index (χ4n) is 2.67. The number of nitrogens with one attached hydrogen (secondary N) is 1. The molecule has 106 valence electrons. The summed E-state index contributed by atoms with van der Waals surface area (Å²) in [5, 5.41) is 4.16. The zero-order valence-corrected chi connectivity index (χ0v) is 11.4. The van der Waals surface area contributed by atoms with Crippen LogP contribution >= 0.6 is 0 Å². The fourth-order valence-corrected chi connectivity index (χ4v) is 2.67. The van der Waals surface area contributed by atoms with Gasteiger partial charge < -0.3 is 15.8 Å². The third-order valence-corrected chi connectivity index (χ3v) is 3.69. The van der Waals surface area contributed by atoms with Crippen molar-refractivity contribution in [2.24, 2.45) is 0 Å². The van der Waals surface area contributed by atoms with Gasteiger partial charge in [-0.1, -0.05) is 0 Å². The van der Waals surface area contributed by atoms with Gasteiger partial charge in [-0.05, 0) is 38.0 Å². The summed E-state index contributed by atoms with van der Waals surface area (Å²) in [6.45, 7) is 2.79. The van der Waals surface area contributed by atoms with E-state index in [4.69, 9.17) is 10.5 Å². The zero-order valence-electron chi connectivity index (χ0n) is 11.4. The Bertz CT molecular complexity index is 627. The summed E-state index contributed by atoms with van der Waals surface area (Å²) < 4.78 is 19.0. The largest absolute Gasteiger partial charge is 0.396 e. The van der Waals surface area contributed by atoms with E-state index in [2.05, 4.69) is 17.2 Å². The molecule has 5 heteroatoms. The van der Waals surface area contributed by atoms with Crippen molar-refractivity contribution >= 4 is 22.3 Å². The van der Waals surface area contributed by atoms with Crippen molar-refractivity contribution in [3.8, 4) is 0 Å². The molecule has 3 N–H and O–H groups in total. The van der Waals surface area contributed by atoms with Crippen LogP contribution in [0.1, 0.15) is 19.8 Å². The number of hydrogen-bond donors (Lipinski definition) is 2. The molecule has 0 amide bonds. The summed E-state index contributed by atoms with van der Waals surface area (Å²) in [5.74, 6) is -0.284. The first-order chi connectivity index (χ1) is 9.63. The number of hydrogen-bond acceptors (Lipinski definition) is 4. The van der Waals surface area contributed by atoms with Crippen molar-refractivity contribution in [1.82, 2.24) is 4.98 Å². The number of benzene rings is 1. The highest BCUT2D eigenvalue weighted by Gasteiger charge is 2.20. The van der Waals surface area contributed by atoms with E-state index in [0.29, 0.717) is 5.69 Å². The summed E-state index contributed by atoms with van der Waals surface area (Å²) in [5.41, 5.74) is 8.06. The minimum Gasteiger partial charge on any atom is -0.396 e. The molecule has 2 heterocycles. The molecule has 1 aliphatic heterocycles. The molecule has 1 aliphatic rings. The molecule has 1 saturated heterocycles. The first kappa shape index (κ1) is 13.1. The molecule has 4 nitrogen and oxygen atoms in total. The molecule has 1 fully saturated rings. The normalized spacial score (nSPS) is 22.9. The predicted octanol–water partition coefficient (Wildman–Crippen LogP) is 2.94. The van der Waals surface area contributed by atoms with Crippen LogP contribution in [-0.2, 0) is 4.74 Å². The second-order valence-corrected chi connectivity index (χ2v) is 5.30. The molecule has 1 unspecified atom stereocenters. The van der Waals surface area contributed by atoms with Crippen molar-refractivity contribution in [2.45, 2.75) is 31.9 Å². The topological polar surface area (TPSA) is 60.2 Å². The Kier molecular flexibility index (Phi) is 3.44. The smallest absolute Gasteiger partial charge is 0.124 e. The summed E-state index contributed by atoms with van der Waals surface area (Å²) >= 11 is 0. The van der Waals surface area contributed by atoms with Crippen molar-refractivity contribution in [3.05, 3.63) is 30.2 Å². The molecule has 0 radical (unpaired) electrons. The fraction of sp³-hybridized carbons (Fsp3) is 0.400. The lowest BCUT2D eigenvalue weighted by molar-refractivity contribution is 0.0232. The van der Waals surface area contributed by atoms with Gasteiger partial charge in [-0.15, -0.1) is 0 Å². The number of aromatic nitrogens is 1. The summed E-state index contributed by atoms with van der Waals surface area (Å²) in [7, 11) is 0. The lowest BCUT2D eigenvalue weighted by atomic mass is 10.0. The Morgan fingerprint density at radius 3 is 3.10 bits per heavy atom.